The monoisotopic (exact) mass is 396 g/mol. The molecule has 0 bridgehead atoms. The molecule has 0 amide bonds. The quantitative estimate of drug-likeness (QED) is 0.803. The summed E-state index contributed by atoms with van der Waals surface area (Å²) in [7, 11) is -2.50. The number of aryl methyl sites for hydroxylation is 1. The maximum atomic E-state index is 12.8. The minimum absolute atomic E-state index is 0.0660. The lowest BCUT2D eigenvalue weighted by Gasteiger charge is -2.32. The second-order valence-electron chi connectivity index (χ2n) is 7.46. The molecule has 5 atom stereocenters. The number of benzene rings is 1. The number of nitrogens with zero attached hydrogens (tertiary/aromatic N) is 1. The van der Waals surface area contributed by atoms with Crippen molar-refractivity contribution in [2.75, 3.05) is 7.11 Å². The van der Waals surface area contributed by atoms with Crippen molar-refractivity contribution in [3.8, 4) is 6.07 Å². The average molecular weight is 396 g/mol. The first-order valence-electron chi connectivity index (χ1n) is 8.57. The van der Waals surface area contributed by atoms with Crippen molar-refractivity contribution < 1.29 is 27.4 Å². The van der Waals surface area contributed by atoms with Crippen molar-refractivity contribution in [3.05, 3.63) is 29.8 Å². The SMILES string of the molecule is CO[C@H]1O[C@H]([C@@](C)(C#N)NS(=O)(=O)c2ccc(C)cc2)[C@@H]2OC(C)(C)O[C@H]12. The van der Waals surface area contributed by atoms with Gasteiger partial charge in [0.2, 0.25) is 10.0 Å². The van der Waals surface area contributed by atoms with E-state index in [1.54, 1.807) is 26.0 Å². The zero-order valence-corrected chi connectivity index (χ0v) is 16.7. The van der Waals surface area contributed by atoms with Crippen molar-refractivity contribution in [1.29, 1.82) is 5.26 Å². The third-order valence-electron chi connectivity index (χ3n) is 4.72. The molecular weight excluding hydrogens is 372 g/mol. The maximum absolute atomic E-state index is 12.8. The number of methoxy groups -OCH3 is 1. The molecule has 2 saturated heterocycles. The molecular formula is C18H24N2O6S. The number of nitriles is 1. The van der Waals surface area contributed by atoms with Crippen molar-refractivity contribution in [1.82, 2.24) is 4.72 Å². The van der Waals surface area contributed by atoms with Gasteiger partial charge in [-0.25, -0.2) is 8.42 Å². The van der Waals surface area contributed by atoms with Crippen molar-refractivity contribution in [2.24, 2.45) is 0 Å². The largest absolute Gasteiger partial charge is 0.353 e. The second-order valence-corrected chi connectivity index (χ2v) is 9.14. The van der Waals surface area contributed by atoms with Crippen LogP contribution in [0, 0.1) is 18.3 Å². The van der Waals surface area contributed by atoms with E-state index in [4.69, 9.17) is 18.9 Å². The van der Waals surface area contributed by atoms with Crippen LogP contribution in [0.15, 0.2) is 29.2 Å². The van der Waals surface area contributed by atoms with E-state index < -0.39 is 46.0 Å². The normalized spacial score (nSPS) is 31.9. The Hall–Kier alpha value is -1.54. The van der Waals surface area contributed by atoms with Crippen LogP contribution in [0.4, 0.5) is 0 Å². The molecule has 2 heterocycles. The van der Waals surface area contributed by atoms with E-state index in [9.17, 15) is 13.7 Å². The molecule has 3 rings (SSSR count). The lowest BCUT2D eigenvalue weighted by atomic mass is 9.93. The van der Waals surface area contributed by atoms with E-state index in [1.807, 2.05) is 13.0 Å². The summed E-state index contributed by atoms with van der Waals surface area (Å²) >= 11 is 0. The van der Waals surface area contributed by atoms with Gasteiger partial charge in [0.05, 0.1) is 11.0 Å². The van der Waals surface area contributed by atoms with E-state index in [0.717, 1.165) is 5.56 Å². The first-order chi connectivity index (χ1) is 12.5. The Balaban J connectivity index is 1.91. The van der Waals surface area contributed by atoms with Crippen molar-refractivity contribution in [2.45, 2.75) is 68.5 Å². The Morgan fingerprint density at radius 1 is 1.22 bits per heavy atom. The first kappa shape index (κ1) is 20.2. The molecule has 0 spiro atoms. The fourth-order valence-corrected chi connectivity index (χ4v) is 4.75. The summed E-state index contributed by atoms with van der Waals surface area (Å²) in [6, 6.07) is 8.40. The molecule has 0 unspecified atom stereocenters. The molecule has 1 aromatic rings. The summed E-state index contributed by atoms with van der Waals surface area (Å²) in [4.78, 5) is 0.0660. The first-order valence-corrected chi connectivity index (χ1v) is 10.1. The predicted molar refractivity (Wildman–Crippen MR) is 95.0 cm³/mol. The molecule has 0 aliphatic carbocycles. The van der Waals surface area contributed by atoms with Crippen LogP contribution < -0.4 is 4.72 Å². The number of rotatable bonds is 5. The molecule has 8 nitrogen and oxygen atoms in total. The second kappa shape index (κ2) is 6.81. The topological polar surface area (TPSA) is 107 Å². The van der Waals surface area contributed by atoms with Crippen LogP contribution in [0.2, 0.25) is 0 Å². The molecule has 1 aromatic carbocycles. The Morgan fingerprint density at radius 2 is 1.81 bits per heavy atom. The fraction of sp³-hybridized carbons (Fsp3) is 0.611. The summed E-state index contributed by atoms with van der Waals surface area (Å²) in [5.41, 5.74) is -0.662. The van der Waals surface area contributed by atoms with Crippen LogP contribution in [-0.4, -0.2) is 51.5 Å². The van der Waals surface area contributed by atoms with Crippen LogP contribution in [0.25, 0.3) is 0 Å². The minimum atomic E-state index is -3.96. The highest BCUT2D eigenvalue weighted by molar-refractivity contribution is 7.89. The van der Waals surface area contributed by atoms with Crippen molar-refractivity contribution in [3.63, 3.8) is 0 Å². The fourth-order valence-electron chi connectivity index (χ4n) is 3.42. The Morgan fingerprint density at radius 3 is 2.37 bits per heavy atom. The van der Waals surface area contributed by atoms with Crippen molar-refractivity contribution >= 4 is 10.0 Å². The summed E-state index contributed by atoms with van der Waals surface area (Å²) < 4.78 is 50.9. The number of hydrogen-bond donors (Lipinski definition) is 1. The summed E-state index contributed by atoms with van der Waals surface area (Å²) in [6.07, 6.45) is -2.90. The third kappa shape index (κ3) is 3.74. The molecule has 0 aromatic heterocycles. The highest BCUT2D eigenvalue weighted by Crippen LogP contribution is 2.42. The van der Waals surface area contributed by atoms with Gasteiger partial charge in [0, 0.05) is 7.11 Å². The van der Waals surface area contributed by atoms with Gasteiger partial charge in [-0.2, -0.15) is 9.98 Å². The van der Waals surface area contributed by atoms with Gasteiger partial charge in [-0.05, 0) is 39.8 Å². The van der Waals surface area contributed by atoms with E-state index in [0.29, 0.717) is 0 Å². The number of fused-ring (bicyclic) bond motifs is 1. The number of ether oxygens (including phenoxy) is 4. The number of nitrogens with one attached hydrogen (secondary N) is 1. The average Bonchev–Trinajstić information content (AvgIpc) is 3.07. The van der Waals surface area contributed by atoms with Crippen LogP contribution in [-0.2, 0) is 29.0 Å². The molecule has 2 aliphatic rings. The van der Waals surface area contributed by atoms with Gasteiger partial charge in [-0.15, -0.1) is 0 Å². The van der Waals surface area contributed by atoms with Gasteiger partial charge in [-0.3, -0.25) is 0 Å². The molecule has 9 heteroatoms. The van der Waals surface area contributed by atoms with Gasteiger partial charge in [0.15, 0.2) is 12.1 Å². The molecule has 148 valence electrons. The van der Waals surface area contributed by atoms with Gasteiger partial charge in [0.1, 0.15) is 23.9 Å². The molecule has 2 aliphatic heterocycles. The van der Waals surface area contributed by atoms with Gasteiger partial charge in [0.25, 0.3) is 0 Å². The molecule has 0 radical (unpaired) electrons. The lowest BCUT2D eigenvalue weighted by molar-refractivity contribution is -0.231. The maximum Gasteiger partial charge on any atom is 0.242 e. The minimum Gasteiger partial charge on any atom is -0.353 e. The Labute approximate surface area is 159 Å². The zero-order valence-electron chi connectivity index (χ0n) is 15.9. The highest BCUT2D eigenvalue weighted by atomic mass is 32.2. The summed E-state index contributed by atoms with van der Waals surface area (Å²) in [6.45, 7) is 6.82. The lowest BCUT2D eigenvalue weighted by Crippen LogP contribution is -2.57. The smallest absolute Gasteiger partial charge is 0.242 e. The van der Waals surface area contributed by atoms with E-state index in [1.165, 1.54) is 26.2 Å². The molecule has 1 N–H and O–H groups in total. The molecule has 0 saturated carbocycles. The number of sulfonamides is 1. The van der Waals surface area contributed by atoms with Crippen LogP contribution in [0.1, 0.15) is 26.3 Å². The number of hydrogen-bond acceptors (Lipinski definition) is 7. The predicted octanol–water partition coefficient (Wildman–Crippen LogP) is 1.45. The summed E-state index contributed by atoms with van der Waals surface area (Å²) in [5.74, 6) is -0.889. The van der Waals surface area contributed by atoms with Crippen LogP contribution >= 0.6 is 0 Å². The Bertz CT molecular complexity index is 848. The summed E-state index contributed by atoms with van der Waals surface area (Å²) in [5, 5.41) is 9.81. The van der Waals surface area contributed by atoms with E-state index in [2.05, 4.69) is 4.72 Å². The van der Waals surface area contributed by atoms with Gasteiger partial charge < -0.3 is 18.9 Å². The van der Waals surface area contributed by atoms with Gasteiger partial charge in [-0.1, -0.05) is 17.7 Å². The molecule has 2 fully saturated rings. The van der Waals surface area contributed by atoms with Crippen LogP contribution in [0.3, 0.4) is 0 Å². The van der Waals surface area contributed by atoms with Crippen LogP contribution in [0.5, 0.6) is 0 Å². The zero-order chi connectivity index (χ0) is 20.0. The molecule has 27 heavy (non-hydrogen) atoms. The Kier molecular flexibility index (Phi) is 5.10. The van der Waals surface area contributed by atoms with E-state index >= 15 is 0 Å². The van der Waals surface area contributed by atoms with E-state index in [-0.39, 0.29) is 4.90 Å². The highest BCUT2D eigenvalue weighted by Gasteiger charge is 2.61. The van der Waals surface area contributed by atoms with Gasteiger partial charge >= 0.3 is 0 Å². The standard InChI is InChI=1S/C18H24N2O6S/c1-11-6-8-12(9-7-11)27(21,22)20-18(4,10-19)15-13-14(16(23-5)24-15)26-17(2,3)25-13/h6-9,13-16,20H,1-5H3/t13-,14+,15+,16+,18-/m1/s1. The third-order valence-corrected chi connectivity index (χ3v) is 6.31.